The third-order valence-corrected chi connectivity index (χ3v) is 2.75. The third-order valence-electron chi connectivity index (χ3n) is 2.75. The molecule has 7 nitrogen and oxygen atoms in total. The monoisotopic (exact) mass is 304 g/mol. The van der Waals surface area contributed by atoms with Crippen LogP contribution in [0.5, 0.6) is 5.75 Å². The van der Waals surface area contributed by atoms with E-state index in [1.807, 2.05) is 6.07 Å². The van der Waals surface area contributed by atoms with Gasteiger partial charge in [0.15, 0.2) is 0 Å². The van der Waals surface area contributed by atoms with Crippen molar-refractivity contribution in [3.8, 4) is 17.0 Å². The zero-order valence-corrected chi connectivity index (χ0v) is 13.1. The van der Waals surface area contributed by atoms with Crippen molar-refractivity contribution in [2.75, 3.05) is 18.2 Å². The summed E-state index contributed by atoms with van der Waals surface area (Å²) in [6, 6.07) is 7.05. The number of methoxy groups -OCH3 is 1. The summed E-state index contributed by atoms with van der Waals surface area (Å²) in [7, 11) is 1.53. The normalized spacial score (nSPS) is 11.1. The summed E-state index contributed by atoms with van der Waals surface area (Å²) in [5.41, 5.74) is 7.16. The standard InChI is InChI=1S/C15H20N4O3/c1-15(2,3)22-14(20)17-10-6-5-9(7-12(10)21-4)11-8-13(16)19-18-11/h5-8H,1-4H3,(H,17,20)(H3,16,18,19). The summed E-state index contributed by atoms with van der Waals surface area (Å²) in [6.45, 7) is 5.40. The molecule has 1 heterocycles. The molecule has 0 aliphatic heterocycles. The Hall–Kier alpha value is -2.70. The lowest BCUT2D eigenvalue weighted by atomic mass is 10.1. The van der Waals surface area contributed by atoms with Gasteiger partial charge in [-0.25, -0.2) is 4.79 Å². The molecule has 2 rings (SSSR count). The SMILES string of the molecule is COc1cc(-c2cc(N)n[nH]2)ccc1NC(=O)OC(C)(C)C. The maximum Gasteiger partial charge on any atom is 0.412 e. The highest BCUT2D eigenvalue weighted by atomic mass is 16.6. The summed E-state index contributed by atoms with van der Waals surface area (Å²) < 4.78 is 10.5. The quantitative estimate of drug-likeness (QED) is 0.809. The van der Waals surface area contributed by atoms with Gasteiger partial charge in [0.25, 0.3) is 0 Å². The molecule has 0 spiro atoms. The van der Waals surface area contributed by atoms with E-state index in [0.29, 0.717) is 17.3 Å². The van der Waals surface area contributed by atoms with Crippen LogP contribution in [0.3, 0.4) is 0 Å². The third kappa shape index (κ3) is 3.91. The van der Waals surface area contributed by atoms with Gasteiger partial charge in [0.05, 0.1) is 18.5 Å². The topological polar surface area (TPSA) is 102 Å². The number of hydrogen-bond donors (Lipinski definition) is 3. The number of hydrogen-bond acceptors (Lipinski definition) is 5. The highest BCUT2D eigenvalue weighted by molar-refractivity contribution is 5.88. The Morgan fingerprint density at radius 2 is 2.05 bits per heavy atom. The number of carbonyl (C=O) groups is 1. The van der Waals surface area contributed by atoms with Gasteiger partial charge in [0.2, 0.25) is 0 Å². The number of nitrogen functional groups attached to an aromatic ring is 1. The van der Waals surface area contributed by atoms with Crippen molar-refractivity contribution in [3.05, 3.63) is 24.3 Å². The van der Waals surface area contributed by atoms with Crippen LogP contribution >= 0.6 is 0 Å². The number of H-pyrrole nitrogens is 1. The van der Waals surface area contributed by atoms with Crippen molar-refractivity contribution in [1.82, 2.24) is 10.2 Å². The van der Waals surface area contributed by atoms with Crippen LogP contribution in [0.25, 0.3) is 11.3 Å². The van der Waals surface area contributed by atoms with E-state index < -0.39 is 11.7 Å². The summed E-state index contributed by atoms with van der Waals surface area (Å²) in [6.07, 6.45) is -0.538. The minimum absolute atomic E-state index is 0.407. The Kier molecular flexibility index (Phi) is 4.25. The van der Waals surface area contributed by atoms with Gasteiger partial charge in [0.1, 0.15) is 17.2 Å². The zero-order valence-electron chi connectivity index (χ0n) is 13.1. The minimum Gasteiger partial charge on any atom is -0.495 e. The van der Waals surface area contributed by atoms with E-state index in [0.717, 1.165) is 11.3 Å². The molecule has 0 radical (unpaired) electrons. The molecule has 1 aromatic heterocycles. The van der Waals surface area contributed by atoms with Crippen molar-refractivity contribution in [2.24, 2.45) is 0 Å². The average Bonchev–Trinajstić information content (AvgIpc) is 2.83. The molecule has 2 aromatic rings. The lowest BCUT2D eigenvalue weighted by Gasteiger charge is -2.20. The van der Waals surface area contributed by atoms with E-state index in [1.165, 1.54) is 7.11 Å². The van der Waals surface area contributed by atoms with Crippen LogP contribution in [-0.4, -0.2) is 29.0 Å². The smallest absolute Gasteiger partial charge is 0.412 e. The molecule has 7 heteroatoms. The van der Waals surface area contributed by atoms with Crippen molar-refractivity contribution in [3.63, 3.8) is 0 Å². The average molecular weight is 304 g/mol. The Morgan fingerprint density at radius 1 is 1.32 bits per heavy atom. The molecule has 1 aromatic carbocycles. The van der Waals surface area contributed by atoms with Gasteiger partial charge in [-0.05, 0) is 32.9 Å². The van der Waals surface area contributed by atoms with E-state index >= 15 is 0 Å². The first-order valence-corrected chi connectivity index (χ1v) is 6.78. The van der Waals surface area contributed by atoms with Crippen LogP contribution in [0, 0.1) is 0 Å². The van der Waals surface area contributed by atoms with Crippen molar-refractivity contribution in [1.29, 1.82) is 0 Å². The second-order valence-electron chi connectivity index (χ2n) is 5.75. The van der Waals surface area contributed by atoms with Gasteiger partial charge in [-0.2, -0.15) is 5.10 Å². The molecule has 22 heavy (non-hydrogen) atoms. The molecular formula is C15H20N4O3. The van der Waals surface area contributed by atoms with E-state index in [9.17, 15) is 4.79 Å². The first-order chi connectivity index (χ1) is 10.3. The predicted molar refractivity (Wildman–Crippen MR) is 84.8 cm³/mol. The second-order valence-corrected chi connectivity index (χ2v) is 5.75. The molecule has 0 unspecified atom stereocenters. The summed E-state index contributed by atoms with van der Waals surface area (Å²) >= 11 is 0. The fourth-order valence-electron chi connectivity index (χ4n) is 1.86. The maximum atomic E-state index is 11.8. The van der Waals surface area contributed by atoms with E-state index in [1.54, 1.807) is 39.0 Å². The van der Waals surface area contributed by atoms with Crippen LogP contribution in [0.4, 0.5) is 16.3 Å². The molecule has 118 valence electrons. The zero-order chi connectivity index (χ0) is 16.3. The Bertz CT molecular complexity index is 674. The Labute approximate surface area is 128 Å². The molecule has 0 bridgehead atoms. The van der Waals surface area contributed by atoms with Gasteiger partial charge in [-0.1, -0.05) is 6.07 Å². The van der Waals surface area contributed by atoms with Crippen LogP contribution in [0.1, 0.15) is 20.8 Å². The molecule has 0 aliphatic carbocycles. The Morgan fingerprint density at radius 3 is 2.59 bits per heavy atom. The second kappa shape index (κ2) is 5.97. The van der Waals surface area contributed by atoms with Crippen molar-refractivity contribution >= 4 is 17.6 Å². The highest BCUT2D eigenvalue weighted by Gasteiger charge is 2.17. The number of anilines is 2. The summed E-state index contributed by atoms with van der Waals surface area (Å²) in [5, 5.41) is 9.37. The number of nitrogens with zero attached hydrogens (tertiary/aromatic N) is 1. The largest absolute Gasteiger partial charge is 0.495 e. The molecule has 4 N–H and O–H groups in total. The van der Waals surface area contributed by atoms with E-state index in [-0.39, 0.29) is 0 Å². The van der Waals surface area contributed by atoms with Gasteiger partial charge in [-0.15, -0.1) is 0 Å². The number of nitrogens with two attached hydrogens (primary N) is 1. The lowest BCUT2D eigenvalue weighted by molar-refractivity contribution is 0.0635. The van der Waals surface area contributed by atoms with Crippen molar-refractivity contribution < 1.29 is 14.3 Å². The van der Waals surface area contributed by atoms with Gasteiger partial charge >= 0.3 is 6.09 Å². The van der Waals surface area contributed by atoms with Gasteiger partial charge < -0.3 is 15.2 Å². The van der Waals surface area contributed by atoms with Crippen molar-refractivity contribution in [2.45, 2.75) is 26.4 Å². The first-order valence-electron chi connectivity index (χ1n) is 6.78. The molecule has 0 atom stereocenters. The fourth-order valence-corrected chi connectivity index (χ4v) is 1.86. The van der Waals surface area contributed by atoms with Crippen LogP contribution in [0.15, 0.2) is 24.3 Å². The highest BCUT2D eigenvalue weighted by Crippen LogP contribution is 2.30. The van der Waals surface area contributed by atoms with E-state index in [4.69, 9.17) is 15.2 Å². The number of rotatable bonds is 3. The number of benzene rings is 1. The predicted octanol–water partition coefficient (Wildman–Crippen LogP) is 3.01. The number of ether oxygens (including phenoxy) is 2. The van der Waals surface area contributed by atoms with Crippen LogP contribution in [0.2, 0.25) is 0 Å². The fraction of sp³-hybridized carbons (Fsp3) is 0.333. The summed E-state index contributed by atoms with van der Waals surface area (Å²) in [4.78, 5) is 11.8. The maximum absolute atomic E-state index is 11.8. The summed E-state index contributed by atoms with van der Waals surface area (Å²) in [5.74, 6) is 0.918. The molecule has 0 fully saturated rings. The van der Waals surface area contributed by atoms with Crippen LogP contribution in [-0.2, 0) is 4.74 Å². The molecular weight excluding hydrogens is 284 g/mol. The van der Waals surface area contributed by atoms with E-state index in [2.05, 4.69) is 15.5 Å². The Balaban J connectivity index is 2.21. The number of aromatic amines is 1. The minimum atomic E-state index is -0.565. The number of aromatic nitrogens is 2. The first kappa shape index (κ1) is 15.7. The van der Waals surface area contributed by atoms with Gasteiger partial charge in [-0.3, -0.25) is 10.4 Å². The molecule has 1 amide bonds. The lowest BCUT2D eigenvalue weighted by Crippen LogP contribution is -2.27. The molecule has 0 saturated heterocycles. The number of nitrogens with one attached hydrogen (secondary N) is 2. The number of amides is 1. The molecule has 0 saturated carbocycles. The molecule has 0 aliphatic rings. The van der Waals surface area contributed by atoms with Gasteiger partial charge in [0, 0.05) is 11.6 Å². The number of carbonyl (C=O) groups excluding carboxylic acids is 1. The van der Waals surface area contributed by atoms with Crippen LogP contribution < -0.4 is 15.8 Å².